The zero-order chi connectivity index (χ0) is 24.9. The van der Waals surface area contributed by atoms with E-state index in [4.69, 9.17) is 25.8 Å². The van der Waals surface area contributed by atoms with Crippen LogP contribution in [0.15, 0.2) is 72.3 Å². The molecule has 4 amide bonds. The molecule has 8 nitrogen and oxygen atoms in total. The van der Waals surface area contributed by atoms with Crippen LogP contribution in [0.4, 0.5) is 10.5 Å². The van der Waals surface area contributed by atoms with Crippen molar-refractivity contribution in [3.8, 4) is 17.2 Å². The van der Waals surface area contributed by atoms with Gasteiger partial charge in [-0.25, -0.2) is 9.69 Å². The number of carbonyl (C=O) groups is 3. The minimum absolute atomic E-state index is 0.195. The largest absolute Gasteiger partial charge is 0.497 e. The van der Waals surface area contributed by atoms with E-state index in [1.807, 2.05) is 12.1 Å². The lowest BCUT2D eigenvalue weighted by atomic mass is 10.1. The summed E-state index contributed by atoms with van der Waals surface area (Å²) in [4.78, 5) is 39.2. The van der Waals surface area contributed by atoms with E-state index in [1.165, 1.54) is 20.3 Å². The van der Waals surface area contributed by atoms with E-state index < -0.39 is 17.8 Å². The fraction of sp³-hybridized carbons (Fsp3) is 0.115. The third-order valence-electron chi connectivity index (χ3n) is 5.24. The Kier molecular flexibility index (Phi) is 7.03. The molecule has 0 radical (unpaired) electrons. The number of carbonyl (C=O) groups excluding carboxylic acids is 3. The van der Waals surface area contributed by atoms with Gasteiger partial charge in [-0.2, -0.15) is 0 Å². The number of anilines is 1. The Morgan fingerprint density at radius 2 is 1.63 bits per heavy atom. The maximum Gasteiger partial charge on any atom is 0.335 e. The lowest BCUT2D eigenvalue weighted by Gasteiger charge is -2.26. The first-order chi connectivity index (χ1) is 16.9. The highest BCUT2D eigenvalue weighted by molar-refractivity contribution is 6.39. The molecule has 0 bridgehead atoms. The second-order valence-electron chi connectivity index (χ2n) is 7.48. The molecule has 1 aliphatic rings. The van der Waals surface area contributed by atoms with Crippen LogP contribution in [0, 0.1) is 0 Å². The van der Waals surface area contributed by atoms with Crippen LogP contribution < -0.4 is 24.4 Å². The van der Waals surface area contributed by atoms with Crippen LogP contribution in [0.1, 0.15) is 11.1 Å². The van der Waals surface area contributed by atoms with Gasteiger partial charge in [0.1, 0.15) is 29.4 Å². The normalized spacial score (nSPS) is 14.7. The summed E-state index contributed by atoms with van der Waals surface area (Å²) in [7, 11) is 3.03. The van der Waals surface area contributed by atoms with Gasteiger partial charge in [0.2, 0.25) is 0 Å². The zero-order valence-corrected chi connectivity index (χ0v) is 19.7. The average Bonchev–Trinajstić information content (AvgIpc) is 2.86. The Labute approximate surface area is 206 Å². The molecule has 1 aliphatic heterocycles. The molecular weight excluding hydrogens is 472 g/mol. The monoisotopic (exact) mass is 492 g/mol. The van der Waals surface area contributed by atoms with Gasteiger partial charge in [-0.3, -0.25) is 14.9 Å². The number of hydrogen-bond acceptors (Lipinski definition) is 6. The van der Waals surface area contributed by atoms with Gasteiger partial charge in [-0.05, 0) is 60.2 Å². The van der Waals surface area contributed by atoms with Crippen molar-refractivity contribution in [2.75, 3.05) is 19.1 Å². The number of nitrogens with one attached hydrogen (secondary N) is 1. The van der Waals surface area contributed by atoms with Crippen LogP contribution in [0.25, 0.3) is 6.08 Å². The van der Waals surface area contributed by atoms with E-state index in [0.29, 0.717) is 33.5 Å². The lowest BCUT2D eigenvalue weighted by Crippen LogP contribution is -2.54. The topological polar surface area (TPSA) is 94.2 Å². The van der Waals surface area contributed by atoms with Gasteiger partial charge in [0.15, 0.2) is 0 Å². The predicted octanol–water partition coefficient (Wildman–Crippen LogP) is 4.60. The summed E-state index contributed by atoms with van der Waals surface area (Å²) in [5, 5.41) is 2.79. The highest BCUT2D eigenvalue weighted by atomic mass is 35.5. The maximum atomic E-state index is 13.2. The molecule has 0 aromatic heterocycles. The first kappa shape index (κ1) is 23.8. The lowest BCUT2D eigenvalue weighted by molar-refractivity contribution is -0.122. The number of methoxy groups -OCH3 is 2. The molecule has 0 saturated carbocycles. The van der Waals surface area contributed by atoms with Crippen molar-refractivity contribution in [1.29, 1.82) is 0 Å². The van der Waals surface area contributed by atoms with E-state index in [2.05, 4.69) is 5.32 Å². The Hall–Kier alpha value is -4.30. The van der Waals surface area contributed by atoms with Gasteiger partial charge in [0.05, 0.1) is 19.9 Å². The Morgan fingerprint density at radius 3 is 2.31 bits per heavy atom. The molecule has 3 aromatic rings. The first-order valence-corrected chi connectivity index (χ1v) is 10.9. The smallest absolute Gasteiger partial charge is 0.335 e. The minimum Gasteiger partial charge on any atom is -0.497 e. The molecule has 35 heavy (non-hydrogen) atoms. The molecule has 178 valence electrons. The molecule has 1 saturated heterocycles. The molecule has 4 rings (SSSR count). The molecular formula is C26H21ClN2O6. The van der Waals surface area contributed by atoms with E-state index in [0.717, 1.165) is 10.5 Å². The number of benzene rings is 3. The van der Waals surface area contributed by atoms with Crippen molar-refractivity contribution in [1.82, 2.24) is 5.32 Å². The van der Waals surface area contributed by atoms with Crippen molar-refractivity contribution in [2.45, 2.75) is 6.61 Å². The van der Waals surface area contributed by atoms with Crippen LogP contribution in [0.5, 0.6) is 17.2 Å². The number of hydrogen-bond donors (Lipinski definition) is 1. The van der Waals surface area contributed by atoms with Crippen LogP contribution >= 0.6 is 11.6 Å². The van der Waals surface area contributed by atoms with Crippen LogP contribution in [0.3, 0.4) is 0 Å². The second-order valence-corrected chi connectivity index (χ2v) is 7.91. The highest BCUT2D eigenvalue weighted by Crippen LogP contribution is 2.30. The van der Waals surface area contributed by atoms with E-state index >= 15 is 0 Å². The van der Waals surface area contributed by atoms with Gasteiger partial charge >= 0.3 is 6.03 Å². The van der Waals surface area contributed by atoms with Crippen molar-refractivity contribution < 1.29 is 28.6 Å². The number of barbiturate groups is 1. The van der Waals surface area contributed by atoms with Crippen LogP contribution in [-0.2, 0) is 16.2 Å². The predicted molar refractivity (Wildman–Crippen MR) is 131 cm³/mol. The van der Waals surface area contributed by atoms with E-state index in [9.17, 15) is 14.4 Å². The number of amides is 4. The summed E-state index contributed by atoms with van der Waals surface area (Å²) in [5.74, 6) is -0.0971. The number of imide groups is 2. The molecule has 1 heterocycles. The van der Waals surface area contributed by atoms with Gasteiger partial charge in [0.25, 0.3) is 11.8 Å². The van der Waals surface area contributed by atoms with Crippen LogP contribution in [-0.4, -0.2) is 32.1 Å². The average molecular weight is 493 g/mol. The summed E-state index contributed by atoms with van der Waals surface area (Å²) in [6, 6.07) is 17.7. The molecule has 3 aromatic carbocycles. The maximum absolute atomic E-state index is 13.2. The van der Waals surface area contributed by atoms with Crippen molar-refractivity contribution in [2.24, 2.45) is 0 Å². The first-order valence-electron chi connectivity index (χ1n) is 10.5. The second kappa shape index (κ2) is 10.3. The van der Waals surface area contributed by atoms with Crippen molar-refractivity contribution in [3.63, 3.8) is 0 Å². The Morgan fingerprint density at radius 1 is 0.914 bits per heavy atom. The quantitative estimate of drug-likeness (QED) is 0.382. The number of urea groups is 1. The standard InChI is InChI=1S/C26H21ClN2O6/c1-33-20-10-7-19(8-11-20)29-25(31)22(24(30)28-26(29)32)13-17-6-9-21(34-2)14-23(17)35-15-16-4-3-5-18(27)12-16/h3-14H,15H2,1-2H3,(H,28,30,32)/b22-13+. The summed E-state index contributed by atoms with van der Waals surface area (Å²) in [5.41, 5.74) is 1.36. The fourth-order valence-electron chi connectivity index (χ4n) is 3.45. The van der Waals surface area contributed by atoms with Crippen molar-refractivity contribution >= 4 is 41.2 Å². The number of halogens is 1. The van der Waals surface area contributed by atoms with Gasteiger partial charge in [-0.1, -0.05) is 23.7 Å². The van der Waals surface area contributed by atoms with Gasteiger partial charge < -0.3 is 14.2 Å². The summed E-state index contributed by atoms with van der Waals surface area (Å²) < 4.78 is 16.4. The molecule has 1 fully saturated rings. The SMILES string of the molecule is COc1ccc(N2C(=O)NC(=O)/C(=C\c3ccc(OC)cc3OCc3cccc(Cl)c3)C2=O)cc1. The number of ether oxygens (including phenoxy) is 3. The molecule has 0 atom stereocenters. The molecule has 0 spiro atoms. The third kappa shape index (κ3) is 5.28. The van der Waals surface area contributed by atoms with Gasteiger partial charge in [-0.15, -0.1) is 0 Å². The molecule has 9 heteroatoms. The van der Waals surface area contributed by atoms with E-state index in [-0.39, 0.29) is 12.2 Å². The molecule has 1 N–H and O–H groups in total. The number of nitrogens with zero attached hydrogens (tertiary/aromatic N) is 1. The zero-order valence-electron chi connectivity index (χ0n) is 18.9. The Bertz CT molecular complexity index is 1320. The summed E-state index contributed by atoms with van der Waals surface area (Å²) in [6.45, 7) is 0.195. The Balaban J connectivity index is 1.67. The van der Waals surface area contributed by atoms with Crippen molar-refractivity contribution in [3.05, 3.63) is 88.5 Å². The van der Waals surface area contributed by atoms with E-state index in [1.54, 1.807) is 54.6 Å². The minimum atomic E-state index is -0.838. The fourth-order valence-corrected chi connectivity index (χ4v) is 3.67. The highest BCUT2D eigenvalue weighted by Gasteiger charge is 2.37. The third-order valence-corrected chi connectivity index (χ3v) is 5.47. The molecule has 0 unspecified atom stereocenters. The summed E-state index contributed by atoms with van der Waals surface area (Å²) >= 11 is 6.05. The summed E-state index contributed by atoms with van der Waals surface area (Å²) in [6.07, 6.45) is 1.38. The number of rotatable bonds is 7. The van der Waals surface area contributed by atoms with Crippen LogP contribution in [0.2, 0.25) is 5.02 Å². The van der Waals surface area contributed by atoms with Gasteiger partial charge in [0, 0.05) is 16.7 Å². The molecule has 0 aliphatic carbocycles.